The Bertz CT molecular complexity index is 1260. The molecule has 0 saturated carbocycles. The number of nitrogens with one attached hydrogen (secondary N) is 1. The van der Waals surface area contributed by atoms with E-state index in [1.54, 1.807) is 18.2 Å². The number of rotatable bonds is 4. The van der Waals surface area contributed by atoms with E-state index in [-0.39, 0.29) is 10.7 Å². The number of thiocarbonyl (C=S) groups is 1. The van der Waals surface area contributed by atoms with E-state index in [1.165, 1.54) is 22.7 Å². The van der Waals surface area contributed by atoms with E-state index in [0.29, 0.717) is 26.0 Å². The smallest absolute Gasteiger partial charge is 0.270 e. The van der Waals surface area contributed by atoms with Gasteiger partial charge in [0.1, 0.15) is 11.3 Å². The SMILES string of the molecule is Cc1cc(C)cc(N2C(=O)/C(=C/c3cc(Br)c(Sc4ccc(Cl)cc4)o3)C(=O)NC2=S)c1. The maximum absolute atomic E-state index is 13.2. The third-order valence-corrected chi connectivity index (χ3v) is 6.94. The Morgan fingerprint density at radius 3 is 2.41 bits per heavy atom. The van der Waals surface area contributed by atoms with Crippen LogP contribution in [0.25, 0.3) is 6.08 Å². The minimum atomic E-state index is -0.569. The molecule has 5 nitrogen and oxygen atoms in total. The summed E-state index contributed by atoms with van der Waals surface area (Å²) in [5.74, 6) is -0.719. The monoisotopic (exact) mass is 546 g/mol. The number of halogens is 2. The van der Waals surface area contributed by atoms with E-state index < -0.39 is 11.8 Å². The summed E-state index contributed by atoms with van der Waals surface area (Å²) in [6, 6.07) is 14.7. The molecule has 162 valence electrons. The standard InChI is InChI=1S/C23H16BrClN2O3S2/c1-12-7-13(2)9-15(8-12)27-21(29)18(20(28)26-23(27)31)10-16-11-19(24)22(30-16)32-17-5-3-14(25)4-6-17/h3-11H,1-2H3,(H,26,28,31)/b18-10+. The van der Waals surface area contributed by atoms with Crippen molar-refractivity contribution in [2.45, 2.75) is 23.8 Å². The molecule has 0 atom stereocenters. The minimum Gasteiger partial charge on any atom is -0.449 e. The zero-order chi connectivity index (χ0) is 23.0. The normalized spacial score (nSPS) is 15.4. The van der Waals surface area contributed by atoms with Crippen molar-refractivity contribution in [3.8, 4) is 0 Å². The van der Waals surface area contributed by atoms with Gasteiger partial charge < -0.3 is 4.42 Å². The summed E-state index contributed by atoms with van der Waals surface area (Å²) >= 11 is 16.1. The van der Waals surface area contributed by atoms with Crippen molar-refractivity contribution >= 4 is 80.2 Å². The van der Waals surface area contributed by atoms with Gasteiger partial charge in [-0.05, 0) is 102 Å². The summed E-state index contributed by atoms with van der Waals surface area (Å²) in [4.78, 5) is 28.0. The lowest BCUT2D eigenvalue weighted by Gasteiger charge is -2.29. The van der Waals surface area contributed by atoms with Gasteiger partial charge in [0.15, 0.2) is 10.2 Å². The third-order valence-electron chi connectivity index (χ3n) is 4.55. The second-order valence-electron chi connectivity index (χ2n) is 7.14. The van der Waals surface area contributed by atoms with Crippen molar-refractivity contribution in [2.75, 3.05) is 4.90 Å². The molecule has 1 fully saturated rings. The van der Waals surface area contributed by atoms with Gasteiger partial charge in [0.2, 0.25) is 0 Å². The quantitative estimate of drug-likeness (QED) is 0.236. The zero-order valence-electron chi connectivity index (χ0n) is 16.9. The van der Waals surface area contributed by atoms with E-state index in [9.17, 15) is 9.59 Å². The lowest BCUT2D eigenvalue weighted by Crippen LogP contribution is -2.54. The molecule has 1 saturated heterocycles. The Morgan fingerprint density at radius 2 is 1.75 bits per heavy atom. The largest absolute Gasteiger partial charge is 0.449 e. The summed E-state index contributed by atoms with van der Waals surface area (Å²) in [5, 5.41) is 3.87. The highest BCUT2D eigenvalue weighted by Gasteiger charge is 2.35. The van der Waals surface area contributed by atoms with Crippen molar-refractivity contribution in [2.24, 2.45) is 0 Å². The molecule has 3 aromatic rings. The number of nitrogens with zero attached hydrogens (tertiary/aromatic N) is 1. The van der Waals surface area contributed by atoms with Gasteiger partial charge in [-0.15, -0.1) is 0 Å². The number of aryl methyl sites for hydroxylation is 2. The molecule has 32 heavy (non-hydrogen) atoms. The van der Waals surface area contributed by atoms with Crippen LogP contribution in [0.15, 0.2) is 73.0 Å². The van der Waals surface area contributed by atoms with E-state index in [1.807, 2.05) is 44.2 Å². The van der Waals surface area contributed by atoms with Crippen molar-refractivity contribution < 1.29 is 14.0 Å². The Morgan fingerprint density at radius 1 is 1.09 bits per heavy atom. The maximum atomic E-state index is 13.2. The van der Waals surface area contributed by atoms with Gasteiger partial charge in [0.05, 0.1) is 10.2 Å². The molecule has 0 unspecified atom stereocenters. The van der Waals surface area contributed by atoms with Crippen LogP contribution in [0.4, 0.5) is 5.69 Å². The Labute approximate surface area is 207 Å². The number of benzene rings is 2. The zero-order valence-corrected chi connectivity index (χ0v) is 20.9. The molecule has 1 aromatic heterocycles. The lowest BCUT2D eigenvalue weighted by atomic mass is 10.1. The molecule has 0 aliphatic carbocycles. The molecule has 4 rings (SSSR count). The predicted molar refractivity (Wildman–Crippen MR) is 134 cm³/mol. The molecular formula is C23H16BrClN2O3S2. The van der Waals surface area contributed by atoms with Gasteiger partial charge in [-0.2, -0.15) is 0 Å². The average molecular weight is 548 g/mol. The fraction of sp³-hybridized carbons (Fsp3) is 0.0870. The molecule has 0 bridgehead atoms. The van der Waals surface area contributed by atoms with E-state index >= 15 is 0 Å². The Kier molecular flexibility index (Phi) is 6.57. The second kappa shape index (κ2) is 9.23. The molecule has 2 aromatic carbocycles. The number of furan rings is 1. The summed E-state index contributed by atoms with van der Waals surface area (Å²) in [6.45, 7) is 3.87. The fourth-order valence-electron chi connectivity index (χ4n) is 3.23. The van der Waals surface area contributed by atoms with Gasteiger partial charge in [-0.1, -0.05) is 29.4 Å². The Hall–Kier alpha value is -2.39. The molecule has 1 aliphatic heterocycles. The van der Waals surface area contributed by atoms with Crippen molar-refractivity contribution in [3.63, 3.8) is 0 Å². The average Bonchev–Trinajstić information content (AvgIpc) is 3.05. The van der Waals surface area contributed by atoms with Crippen LogP contribution in [0.2, 0.25) is 5.02 Å². The van der Waals surface area contributed by atoms with Gasteiger partial charge in [-0.25, -0.2) is 0 Å². The van der Waals surface area contributed by atoms with Gasteiger partial charge >= 0.3 is 0 Å². The van der Waals surface area contributed by atoms with Gasteiger partial charge in [-0.3, -0.25) is 19.8 Å². The highest BCUT2D eigenvalue weighted by atomic mass is 79.9. The first-order chi connectivity index (χ1) is 15.2. The minimum absolute atomic E-state index is 0.0433. The summed E-state index contributed by atoms with van der Waals surface area (Å²) in [5.41, 5.74) is 2.50. The van der Waals surface area contributed by atoms with Gasteiger partial charge in [0.25, 0.3) is 11.8 Å². The molecule has 0 spiro atoms. The number of carbonyl (C=O) groups is 2. The van der Waals surface area contributed by atoms with Crippen LogP contribution < -0.4 is 10.2 Å². The number of carbonyl (C=O) groups excluding carboxylic acids is 2. The molecule has 9 heteroatoms. The van der Waals surface area contributed by atoms with Crippen LogP contribution in [0.3, 0.4) is 0 Å². The van der Waals surface area contributed by atoms with E-state index in [4.69, 9.17) is 28.2 Å². The topological polar surface area (TPSA) is 62.6 Å². The molecular weight excluding hydrogens is 532 g/mol. The van der Waals surface area contributed by atoms with Crippen molar-refractivity contribution in [1.82, 2.24) is 5.32 Å². The van der Waals surface area contributed by atoms with Crippen LogP contribution in [0.5, 0.6) is 0 Å². The first-order valence-corrected chi connectivity index (χ1v) is 11.8. The molecule has 1 aliphatic rings. The van der Waals surface area contributed by atoms with E-state index in [0.717, 1.165) is 16.0 Å². The molecule has 0 radical (unpaired) electrons. The Balaban J connectivity index is 1.65. The van der Waals surface area contributed by atoms with E-state index in [2.05, 4.69) is 21.2 Å². The highest BCUT2D eigenvalue weighted by molar-refractivity contribution is 9.10. The summed E-state index contributed by atoms with van der Waals surface area (Å²) in [6.07, 6.45) is 1.42. The van der Waals surface area contributed by atoms with Crippen molar-refractivity contribution in [3.05, 3.63) is 80.5 Å². The first-order valence-electron chi connectivity index (χ1n) is 9.44. The van der Waals surface area contributed by atoms with Crippen LogP contribution in [0, 0.1) is 13.8 Å². The second-order valence-corrected chi connectivity index (χ2v) is 9.87. The molecule has 2 amide bonds. The lowest BCUT2D eigenvalue weighted by molar-refractivity contribution is -0.122. The van der Waals surface area contributed by atoms with Gasteiger partial charge in [0, 0.05) is 9.92 Å². The molecule has 1 N–H and O–H groups in total. The van der Waals surface area contributed by atoms with Crippen LogP contribution >= 0.6 is 51.5 Å². The van der Waals surface area contributed by atoms with Crippen molar-refractivity contribution in [1.29, 1.82) is 0 Å². The summed E-state index contributed by atoms with van der Waals surface area (Å²) < 4.78 is 6.58. The van der Waals surface area contributed by atoms with Crippen LogP contribution in [0.1, 0.15) is 16.9 Å². The highest BCUT2D eigenvalue weighted by Crippen LogP contribution is 2.37. The number of hydrogen-bond acceptors (Lipinski definition) is 5. The number of anilines is 1. The number of amides is 2. The van der Waals surface area contributed by atoms with Crippen LogP contribution in [-0.2, 0) is 9.59 Å². The third kappa shape index (κ3) is 4.83. The molecule has 2 heterocycles. The fourth-order valence-corrected chi connectivity index (χ4v) is 4.97. The maximum Gasteiger partial charge on any atom is 0.270 e. The van der Waals surface area contributed by atoms with Crippen LogP contribution in [-0.4, -0.2) is 16.9 Å². The summed E-state index contributed by atoms with van der Waals surface area (Å²) in [7, 11) is 0. The number of hydrogen-bond donors (Lipinski definition) is 1. The predicted octanol–water partition coefficient (Wildman–Crippen LogP) is 6.29. The first kappa shape index (κ1) is 22.8.